The Kier molecular flexibility index (Phi) is 7.38. The Labute approximate surface area is 183 Å². The molecule has 1 aliphatic rings. The predicted molar refractivity (Wildman–Crippen MR) is 119 cm³/mol. The van der Waals surface area contributed by atoms with E-state index in [1.54, 1.807) is 11.9 Å². The second kappa shape index (κ2) is 9.98. The maximum absolute atomic E-state index is 12.6. The first-order valence-corrected chi connectivity index (χ1v) is 10.7. The van der Waals surface area contributed by atoms with Gasteiger partial charge in [-0.15, -0.1) is 0 Å². The second-order valence-electron chi connectivity index (χ2n) is 8.11. The summed E-state index contributed by atoms with van der Waals surface area (Å²) in [6.45, 7) is 2.99. The Bertz CT molecular complexity index is 867. The molecule has 30 heavy (non-hydrogen) atoms. The van der Waals surface area contributed by atoms with Gasteiger partial charge in [-0.25, -0.2) is 0 Å². The molecular weight excluding hydrogens is 400 g/mol. The number of ether oxygens (including phenoxy) is 1. The molecule has 1 aliphatic heterocycles. The zero-order chi connectivity index (χ0) is 21.6. The molecule has 5 nitrogen and oxygen atoms in total. The molecule has 0 aliphatic carbocycles. The van der Waals surface area contributed by atoms with Crippen LogP contribution in [0.25, 0.3) is 0 Å². The average Bonchev–Trinajstić information content (AvgIpc) is 3.10. The van der Waals surface area contributed by atoms with Gasteiger partial charge in [0.1, 0.15) is 12.4 Å². The number of benzene rings is 2. The van der Waals surface area contributed by atoms with Crippen molar-refractivity contribution >= 4 is 23.4 Å². The number of hydrogen-bond acceptors (Lipinski definition) is 3. The highest BCUT2D eigenvalue weighted by molar-refractivity contribution is 6.30. The van der Waals surface area contributed by atoms with Gasteiger partial charge in [0.05, 0.1) is 6.54 Å². The van der Waals surface area contributed by atoms with Gasteiger partial charge in [-0.05, 0) is 56.0 Å². The summed E-state index contributed by atoms with van der Waals surface area (Å²) < 4.78 is 5.72. The lowest BCUT2D eigenvalue weighted by Crippen LogP contribution is -2.44. The fourth-order valence-corrected chi connectivity index (χ4v) is 3.90. The van der Waals surface area contributed by atoms with Crippen molar-refractivity contribution in [1.29, 1.82) is 0 Å². The summed E-state index contributed by atoms with van der Waals surface area (Å²) in [4.78, 5) is 26.3. The van der Waals surface area contributed by atoms with Gasteiger partial charge in [-0.1, -0.05) is 41.4 Å². The topological polar surface area (TPSA) is 58.6 Å². The van der Waals surface area contributed by atoms with Crippen LogP contribution in [0.15, 0.2) is 48.5 Å². The summed E-state index contributed by atoms with van der Waals surface area (Å²) in [5, 5.41) is 3.81. The first-order chi connectivity index (χ1) is 14.3. The number of hydrogen-bond donors (Lipinski definition) is 1. The van der Waals surface area contributed by atoms with Gasteiger partial charge >= 0.3 is 0 Å². The van der Waals surface area contributed by atoms with Crippen molar-refractivity contribution in [3.63, 3.8) is 0 Å². The maximum Gasteiger partial charge on any atom is 0.222 e. The maximum atomic E-state index is 12.6. The second-order valence-corrected chi connectivity index (χ2v) is 8.54. The normalized spacial score (nSPS) is 18.2. The minimum Gasteiger partial charge on any atom is -0.492 e. The van der Waals surface area contributed by atoms with E-state index in [0.717, 1.165) is 17.7 Å². The Morgan fingerprint density at radius 2 is 1.87 bits per heavy atom. The standard InChI is InChI=1S/C24H29ClN2O3/c1-18-3-9-21(10-4-18)30-16-15-27(2)23(29)12-14-24(13-11-22(28)26-24)17-19-5-7-20(25)8-6-19/h3-10H,11-17H2,1-2H3,(H,26,28). The molecule has 1 atom stereocenters. The highest BCUT2D eigenvalue weighted by Gasteiger charge is 2.38. The summed E-state index contributed by atoms with van der Waals surface area (Å²) in [5.74, 6) is 0.910. The molecule has 0 radical (unpaired) electrons. The first kappa shape index (κ1) is 22.2. The van der Waals surface area contributed by atoms with Gasteiger partial charge in [-0.3, -0.25) is 9.59 Å². The zero-order valence-corrected chi connectivity index (χ0v) is 18.4. The summed E-state index contributed by atoms with van der Waals surface area (Å²) in [6, 6.07) is 15.5. The Hall–Kier alpha value is -2.53. The molecule has 3 rings (SSSR count). The third-order valence-electron chi connectivity index (χ3n) is 5.65. The number of nitrogens with one attached hydrogen (secondary N) is 1. The highest BCUT2D eigenvalue weighted by atomic mass is 35.5. The number of carbonyl (C=O) groups is 2. The van der Waals surface area contributed by atoms with Gasteiger partial charge in [0.25, 0.3) is 0 Å². The van der Waals surface area contributed by atoms with Gasteiger partial charge in [-0.2, -0.15) is 0 Å². The largest absolute Gasteiger partial charge is 0.492 e. The molecule has 1 fully saturated rings. The first-order valence-electron chi connectivity index (χ1n) is 10.3. The number of amides is 2. The van der Waals surface area contributed by atoms with E-state index in [1.165, 1.54) is 5.56 Å². The number of rotatable bonds is 9. The van der Waals surface area contributed by atoms with Crippen LogP contribution in [0.1, 0.15) is 36.8 Å². The molecule has 0 spiro atoms. The summed E-state index contributed by atoms with van der Waals surface area (Å²) in [7, 11) is 1.79. The molecule has 2 aromatic carbocycles. The van der Waals surface area contributed by atoms with Crippen LogP contribution in [0.4, 0.5) is 0 Å². The number of likely N-dealkylation sites (N-methyl/N-ethyl adjacent to an activating group) is 1. The minimum absolute atomic E-state index is 0.0521. The lowest BCUT2D eigenvalue weighted by molar-refractivity contribution is -0.131. The molecule has 1 N–H and O–H groups in total. The molecule has 1 heterocycles. The van der Waals surface area contributed by atoms with Crippen LogP contribution in [0.3, 0.4) is 0 Å². The van der Waals surface area contributed by atoms with Gasteiger partial charge in [0, 0.05) is 30.5 Å². The molecule has 1 unspecified atom stereocenters. The molecule has 1 saturated heterocycles. The van der Waals surface area contributed by atoms with Crippen molar-refractivity contribution < 1.29 is 14.3 Å². The fourth-order valence-electron chi connectivity index (χ4n) is 3.77. The molecule has 0 saturated carbocycles. The quantitative estimate of drug-likeness (QED) is 0.652. The lowest BCUT2D eigenvalue weighted by atomic mass is 9.85. The van der Waals surface area contributed by atoms with Crippen LogP contribution >= 0.6 is 11.6 Å². The highest BCUT2D eigenvalue weighted by Crippen LogP contribution is 2.30. The zero-order valence-electron chi connectivity index (χ0n) is 17.6. The van der Waals surface area contributed by atoms with E-state index in [0.29, 0.717) is 43.9 Å². The SMILES string of the molecule is Cc1ccc(OCCN(C)C(=O)CCC2(Cc3ccc(Cl)cc3)CCC(=O)N2)cc1. The molecule has 2 aromatic rings. The van der Waals surface area contributed by atoms with Crippen LogP contribution in [0, 0.1) is 6.92 Å². The van der Waals surface area contributed by atoms with Crippen LogP contribution in [0.2, 0.25) is 5.02 Å². The third kappa shape index (κ3) is 6.23. The fraction of sp³-hybridized carbons (Fsp3) is 0.417. The lowest BCUT2D eigenvalue weighted by Gasteiger charge is -2.30. The smallest absolute Gasteiger partial charge is 0.222 e. The summed E-state index contributed by atoms with van der Waals surface area (Å²) >= 11 is 5.98. The van der Waals surface area contributed by atoms with E-state index in [9.17, 15) is 9.59 Å². The molecule has 6 heteroatoms. The van der Waals surface area contributed by atoms with Gasteiger partial charge < -0.3 is 15.0 Å². The van der Waals surface area contributed by atoms with Crippen LogP contribution < -0.4 is 10.1 Å². The van der Waals surface area contributed by atoms with Gasteiger partial charge in [0.15, 0.2) is 0 Å². The van der Waals surface area contributed by atoms with Gasteiger partial charge in [0.2, 0.25) is 11.8 Å². The Morgan fingerprint density at radius 1 is 1.17 bits per heavy atom. The van der Waals surface area contributed by atoms with E-state index in [1.807, 2.05) is 55.5 Å². The number of nitrogens with zero attached hydrogens (tertiary/aromatic N) is 1. The molecule has 160 valence electrons. The molecular formula is C24H29ClN2O3. The minimum atomic E-state index is -0.375. The molecule has 0 aromatic heterocycles. The monoisotopic (exact) mass is 428 g/mol. The van der Waals surface area contributed by atoms with Crippen LogP contribution in [-0.2, 0) is 16.0 Å². The Morgan fingerprint density at radius 3 is 2.50 bits per heavy atom. The summed E-state index contributed by atoms with van der Waals surface area (Å²) in [5.41, 5.74) is 1.91. The van der Waals surface area contributed by atoms with Crippen molar-refractivity contribution in [3.8, 4) is 5.75 Å². The van der Waals surface area contributed by atoms with Crippen molar-refractivity contribution in [2.75, 3.05) is 20.2 Å². The average molecular weight is 429 g/mol. The van der Waals surface area contributed by atoms with Crippen LogP contribution in [-0.4, -0.2) is 42.5 Å². The van der Waals surface area contributed by atoms with Crippen molar-refractivity contribution in [3.05, 3.63) is 64.7 Å². The molecule has 0 bridgehead atoms. The number of carbonyl (C=O) groups excluding carboxylic acids is 2. The van der Waals surface area contributed by atoms with E-state index in [-0.39, 0.29) is 17.4 Å². The van der Waals surface area contributed by atoms with E-state index >= 15 is 0 Å². The number of aryl methyl sites for hydroxylation is 1. The van der Waals surface area contributed by atoms with Crippen molar-refractivity contribution in [2.45, 2.75) is 44.6 Å². The Balaban J connectivity index is 1.50. The number of halogens is 1. The van der Waals surface area contributed by atoms with Crippen LogP contribution in [0.5, 0.6) is 5.75 Å². The predicted octanol–water partition coefficient (Wildman–Crippen LogP) is 4.16. The van der Waals surface area contributed by atoms with Crippen molar-refractivity contribution in [2.24, 2.45) is 0 Å². The van der Waals surface area contributed by atoms with E-state index in [2.05, 4.69) is 5.32 Å². The van der Waals surface area contributed by atoms with Crippen molar-refractivity contribution in [1.82, 2.24) is 10.2 Å². The van der Waals surface area contributed by atoms with E-state index < -0.39 is 0 Å². The van der Waals surface area contributed by atoms with E-state index in [4.69, 9.17) is 16.3 Å². The third-order valence-corrected chi connectivity index (χ3v) is 5.90. The molecule has 2 amide bonds. The summed E-state index contributed by atoms with van der Waals surface area (Å²) in [6.07, 6.45) is 2.94.